The summed E-state index contributed by atoms with van der Waals surface area (Å²) in [6.07, 6.45) is 2.59. The first kappa shape index (κ1) is 16.2. The molecular formula is C16H20ClN3O4. The van der Waals surface area contributed by atoms with Crippen LogP contribution in [0.4, 0.5) is 0 Å². The van der Waals surface area contributed by atoms with Crippen LogP contribution in [0.1, 0.15) is 20.8 Å². The Labute approximate surface area is 144 Å². The predicted molar refractivity (Wildman–Crippen MR) is 86.8 cm³/mol. The monoisotopic (exact) mass is 353 g/mol. The molecule has 2 aliphatic heterocycles. The molecule has 0 aliphatic carbocycles. The van der Waals surface area contributed by atoms with Crippen molar-refractivity contribution in [3.05, 3.63) is 23.7 Å². The van der Waals surface area contributed by atoms with Gasteiger partial charge in [-0.25, -0.2) is 9.97 Å². The standard InChI is InChI=1S/C16H20ClN3O4/c1-15(2)23-11-10(7-21-4)22-16(3,12(11)24-15)20-6-5-9-13(17)18-8-19-14(9)20/h5-6,8,10-12H,7H2,1-4H3/t10?,11-,12-,16-/m1/s1. The average Bonchev–Trinajstić information content (AvgIpc) is 3.14. The van der Waals surface area contributed by atoms with E-state index in [9.17, 15) is 0 Å². The molecule has 2 aromatic rings. The summed E-state index contributed by atoms with van der Waals surface area (Å²) in [5.74, 6) is -0.679. The van der Waals surface area contributed by atoms with Gasteiger partial charge >= 0.3 is 0 Å². The van der Waals surface area contributed by atoms with Crippen LogP contribution in [0.15, 0.2) is 18.6 Å². The normalized spacial score (nSPS) is 34.8. The summed E-state index contributed by atoms with van der Waals surface area (Å²) in [4.78, 5) is 8.40. The zero-order chi connectivity index (χ0) is 17.1. The number of ether oxygens (including phenoxy) is 4. The van der Waals surface area contributed by atoms with E-state index in [1.807, 2.05) is 37.6 Å². The minimum Gasteiger partial charge on any atom is -0.382 e. The molecule has 0 spiro atoms. The average molecular weight is 354 g/mol. The van der Waals surface area contributed by atoms with Crippen molar-refractivity contribution in [2.45, 2.75) is 50.6 Å². The Morgan fingerprint density at radius 2 is 2.04 bits per heavy atom. The first-order valence-electron chi connectivity index (χ1n) is 7.86. The van der Waals surface area contributed by atoms with Crippen LogP contribution < -0.4 is 0 Å². The molecule has 0 aromatic carbocycles. The van der Waals surface area contributed by atoms with Gasteiger partial charge in [-0.1, -0.05) is 11.6 Å². The number of fused-ring (bicyclic) bond motifs is 2. The molecule has 4 rings (SSSR count). The zero-order valence-electron chi connectivity index (χ0n) is 14.0. The number of nitrogens with zero attached hydrogens (tertiary/aromatic N) is 3. The molecule has 0 bridgehead atoms. The minimum atomic E-state index is -0.791. The maximum Gasteiger partial charge on any atom is 0.172 e. The second-order valence-electron chi connectivity index (χ2n) is 6.77. The lowest BCUT2D eigenvalue weighted by Crippen LogP contribution is -2.43. The first-order valence-corrected chi connectivity index (χ1v) is 8.24. The highest BCUT2D eigenvalue weighted by Crippen LogP contribution is 2.47. The number of methoxy groups -OCH3 is 1. The van der Waals surface area contributed by atoms with Crippen LogP contribution in [0.3, 0.4) is 0 Å². The molecular weight excluding hydrogens is 334 g/mol. The SMILES string of the molecule is COCC1O[C@@](C)(n2ccc3c(Cl)ncnc32)[C@@H]2OC(C)(C)O[C@H]12. The number of hydrogen-bond donors (Lipinski definition) is 0. The Hall–Kier alpha value is -1.25. The van der Waals surface area contributed by atoms with Crippen LogP contribution in [0.25, 0.3) is 11.0 Å². The molecule has 8 heteroatoms. The van der Waals surface area contributed by atoms with E-state index < -0.39 is 11.5 Å². The molecule has 130 valence electrons. The van der Waals surface area contributed by atoms with Crippen LogP contribution in [0.2, 0.25) is 5.15 Å². The second kappa shape index (κ2) is 5.37. The fourth-order valence-electron chi connectivity index (χ4n) is 3.68. The number of aromatic nitrogens is 3. The molecule has 0 amide bonds. The molecule has 4 atom stereocenters. The van der Waals surface area contributed by atoms with Gasteiger partial charge in [0.25, 0.3) is 0 Å². The third kappa shape index (κ3) is 2.27. The number of hydrogen-bond acceptors (Lipinski definition) is 6. The molecule has 7 nitrogen and oxygen atoms in total. The van der Waals surface area contributed by atoms with E-state index in [-0.39, 0.29) is 18.3 Å². The van der Waals surface area contributed by atoms with Gasteiger partial charge in [0.15, 0.2) is 11.5 Å². The summed E-state index contributed by atoms with van der Waals surface area (Å²) >= 11 is 6.18. The van der Waals surface area contributed by atoms with Crippen LogP contribution in [0.5, 0.6) is 0 Å². The van der Waals surface area contributed by atoms with Gasteiger partial charge in [-0.15, -0.1) is 0 Å². The molecule has 2 saturated heterocycles. The van der Waals surface area contributed by atoms with Crippen molar-refractivity contribution < 1.29 is 18.9 Å². The largest absolute Gasteiger partial charge is 0.382 e. The summed E-state index contributed by atoms with van der Waals surface area (Å²) < 4.78 is 25.8. The number of halogens is 1. The Kier molecular flexibility index (Phi) is 3.63. The highest BCUT2D eigenvalue weighted by molar-refractivity contribution is 6.33. The summed E-state index contributed by atoms with van der Waals surface area (Å²) in [5.41, 5.74) is -0.0937. The van der Waals surface area contributed by atoms with Crippen molar-refractivity contribution in [3.8, 4) is 0 Å². The molecule has 0 saturated carbocycles. The smallest absolute Gasteiger partial charge is 0.172 e. The van der Waals surface area contributed by atoms with E-state index in [1.54, 1.807) is 7.11 Å². The predicted octanol–water partition coefficient (Wildman–Crippen LogP) is 2.32. The van der Waals surface area contributed by atoms with Crippen molar-refractivity contribution in [1.29, 1.82) is 0 Å². The van der Waals surface area contributed by atoms with Crippen LogP contribution in [0, 0.1) is 0 Å². The Balaban J connectivity index is 1.81. The Bertz CT molecular complexity index is 780. The molecule has 0 radical (unpaired) electrons. The molecule has 0 N–H and O–H groups in total. The molecule has 24 heavy (non-hydrogen) atoms. The van der Waals surface area contributed by atoms with E-state index >= 15 is 0 Å². The van der Waals surface area contributed by atoms with Gasteiger partial charge in [0, 0.05) is 13.3 Å². The lowest BCUT2D eigenvalue weighted by Gasteiger charge is -2.33. The fraction of sp³-hybridized carbons (Fsp3) is 0.625. The molecule has 2 aromatic heterocycles. The summed E-state index contributed by atoms with van der Waals surface area (Å²) in [7, 11) is 1.65. The van der Waals surface area contributed by atoms with Crippen LogP contribution >= 0.6 is 11.6 Å². The molecule has 1 unspecified atom stereocenters. The van der Waals surface area contributed by atoms with E-state index in [1.165, 1.54) is 6.33 Å². The van der Waals surface area contributed by atoms with Gasteiger partial charge in [0.05, 0.1) is 12.0 Å². The molecule has 2 fully saturated rings. The summed E-state index contributed by atoms with van der Waals surface area (Å²) in [6.45, 7) is 6.20. The van der Waals surface area contributed by atoms with Gasteiger partial charge < -0.3 is 23.5 Å². The topological polar surface area (TPSA) is 67.6 Å². The highest BCUT2D eigenvalue weighted by Gasteiger charge is 2.62. The third-order valence-electron chi connectivity index (χ3n) is 4.66. The maximum absolute atomic E-state index is 6.33. The van der Waals surface area contributed by atoms with E-state index in [4.69, 9.17) is 30.5 Å². The van der Waals surface area contributed by atoms with Crippen LogP contribution in [-0.4, -0.2) is 52.4 Å². The van der Waals surface area contributed by atoms with E-state index in [2.05, 4.69) is 9.97 Å². The van der Waals surface area contributed by atoms with Crippen molar-refractivity contribution in [2.24, 2.45) is 0 Å². The van der Waals surface area contributed by atoms with E-state index in [0.29, 0.717) is 17.4 Å². The van der Waals surface area contributed by atoms with Crippen molar-refractivity contribution >= 4 is 22.6 Å². The Morgan fingerprint density at radius 3 is 2.79 bits per heavy atom. The van der Waals surface area contributed by atoms with Gasteiger partial charge in [-0.3, -0.25) is 0 Å². The quantitative estimate of drug-likeness (QED) is 0.789. The van der Waals surface area contributed by atoms with Crippen molar-refractivity contribution in [2.75, 3.05) is 13.7 Å². The lowest BCUT2D eigenvalue weighted by molar-refractivity contribution is -0.229. The van der Waals surface area contributed by atoms with Crippen molar-refractivity contribution in [1.82, 2.24) is 14.5 Å². The number of rotatable bonds is 3. The molecule has 2 aliphatic rings. The summed E-state index contributed by atoms with van der Waals surface area (Å²) in [6, 6.07) is 1.88. The minimum absolute atomic E-state index is 0.222. The van der Waals surface area contributed by atoms with Crippen LogP contribution in [-0.2, 0) is 24.7 Å². The lowest BCUT2D eigenvalue weighted by atomic mass is 10.0. The zero-order valence-corrected chi connectivity index (χ0v) is 14.8. The van der Waals surface area contributed by atoms with E-state index in [0.717, 1.165) is 5.39 Å². The summed E-state index contributed by atoms with van der Waals surface area (Å²) in [5, 5.41) is 1.18. The van der Waals surface area contributed by atoms with Gasteiger partial charge in [-0.05, 0) is 26.8 Å². The molecule has 4 heterocycles. The van der Waals surface area contributed by atoms with Gasteiger partial charge in [0.2, 0.25) is 0 Å². The van der Waals surface area contributed by atoms with Gasteiger partial charge in [0.1, 0.15) is 35.4 Å². The highest BCUT2D eigenvalue weighted by atomic mass is 35.5. The fourth-order valence-corrected chi connectivity index (χ4v) is 3.87. The van der Waals surface area contributed by atoms with Crippen molar-refractivity contribution in [3.63, 3.8) is 0 Å². The second-order valence-corrected chi connectivity index (χ2v) is 7.13. The first-order chi connectivity index (χ1) is 11.4. The van der Waals surface area contributed by atoms with Gasteiger partial charge in [-0.2, -0.15) is 0 Å². The Morgan fingerprint density at radius 1 is 1.25 bits per heavy atom. The maximum atomic E-state index is 6.33. The third-order valence-corrected chi connectivity index (χ3v) is 4.96.